The van der Waals surface area contributed by atoms with Crippen molar-refractivity contribution in [2.24, 2.45) is 10.9 Å². The van der Waals surface area contributed by atoms with E-state index in [1.807, 2.05) is 7.05 Å². The van der Waals surface area contributed by atoms with E-state index in [1.54, 1.807) is 7.11 Å². The number of benzene rings is 1. The van der Waals surface area contributed by atoms with Crippen LogP contribution in [0.1, 0.15) is 24.3 Å². The predicted octanol–water partition coefficient (Wildman–Crippen LogP) is 3.47. The number of hydrogen-bond acceptors (Lipinski definition) is 2. The third-order valence-electron chi connectivity index (χ3n) is 4.60. The van der Waals surface area contributed by atoms with Crippen molar-refractivity contribution in [3.05, 3.63) is 34.3 Å². The van der Waals surface area contributed by atoms with Crippen molar-refractivity contribution in [1.82, 2.24) is 10.2 Å². The molecule has 0 aromatic heterocycles. The second-order valence-electron chi connectivity index (χ2n) is 6.25. The molecule has 1 aliphatic heterocycles. The van der Waals surface area contributed by atoms with Gasteiger partial charge in [0.2, 0.25) is 0 Å². The molecule has 1 N–H and O–H groups in total. The van der Waals surface area contributed by atoms with Gasteiger partial charge in [0.25, 0.3) is 0 Å². The molecule has 4 nitrogen and oxygen atoms in total. The predicted molar refractivity (Wildman–Crippen MR) is 109 cm³/mol. The number of likely N-dealkylation sites (tertiary alicyclic amines) is 1. The zero-order valence-corrected chi connectivity index (χ0v) is 17.6. The Labute approximate surface area is 164 Å². The van der Waals surface area contributed by atoms with Crippen molar-refractivity contribution in [2.75, 3.05) is 33.9 Å². The Morgan fingerprint density at radius 2 is 2.13 bits per heavy atom. The summed E-state index contributed by atoms with van der Waals surface area (Å²) < 4.78 is 6.41. The van der Waals surface area contributed by atoms with Crippen LogP contribution in [0.5, 0.6) is 0 Å². The Bertz CT molecular complexity index is 537. The minimum atomic E-state index is 0. The van der Waals surface area contributed by atoms with Gasteiger partial charge in [-0.3, -0.25) is 4.99 Å². The number of hydrogen-bond donors (Lipinski definition) is 1. The first-order valence-corrected chi connectivity index (χ1v) is 8.73. The lowest BCUT2D eigenvalue weighted by Crippen LogP contribution is -2.41. The fourth-order valence-corrected chi connectivity index (χ4v) is 3.56. The van der Waals surface area contributed by atoms with Gasteiger partial charge in [-0.15, -0.1) is 24.0 Å². The second kappa shape index (κ2) is 8.67. The summed E-state index contributed by atoms with van der Waals surface area (Å²) in [6.07, 6.45) is 2.38. The van der Waals surface area contributed by atoms with Gasteiger partial charge >= 0.3 is 0 Å². The third-order valence-corrected chi connectivity index (χ3v) is 5.13. The van der Waals surface area contributed by atoms with E-state index in [9.17, 15) is 0 Å². The van der Waals surface area contributed by atoms with Gasteiger partial charge in [0.05, 0.1) is 6.61 Å². The maximum absolute atomic E-state index is 5.27. The summed E-state index contributed by atoms with van der Waals surface area (Å²) >= 11 is 3.49. The first kappa shape index (κ1) is 19.0. The molecule has 2 fully saturated rings. The molecule has 6 heteroatoms. The molecular formula is C17H25BrIN3O. The maximum atomic E-state index is 5.27. The van der Waals surface area contributed by atoms with Crippen molar-refractivity contribution in [3.63, 3.8) is 0 Å². The van der Waals surface area contributed by atoms with Crippen molar-refractivity contribution in [3.8, 4) is 0 Å². The van der Waals surface area contributed by atoms with E-state index in [1.165, 1.54) is 18.4 Å². The number of nitrogens with zero attached hydrogens (tertiary/aromatic N) is 2. The maximum Gasteiger partial charge on any atom is 0.193 e. The fraction of sp³-hybridized carbons (Fsp3) is 0.588. The summed E-state index contributed by atoms with van der Waals surface area (Å²) in [5.41, 5.74) is 1.41. The normalized spacial score (nSPS) is 26.8. The lowest BCUT2D eigenvalue weighted by atomic mass is 10.1. The standard InChI is InChI=1S/C17H24BrN3O.HI/c1-19-17(21-8-7-12(10-21)11-22-2)20-16-9-15(16)13-3-5-14(18)6-4-13;/h3-6,12,15-16H,7-11H2,1-2H3,(H,19,20);1H. The molecule has 1 aliphatic carbocycles. The van der Waals surface area contributed by atoms with Crippen LogP contribution in [0.3, 0.4) is 0 Å². The van der Waals surface area contributed by atoms with Crippen molar-refractivity contribution >= 4 is 45.9 Å². The van der Waals surface area contributed by atoms with Crippen LogP contribution in [0.2, 0.25) is 0 Å². The second-order valence-corrected chi connectivity index (χ2v) is 7.16. The Morgan fingerprint density at radius 3 is 2.78 bits per heavy atom. The number of nitrogens with one attached hydrogen (secondary N) is 1. The molecule has 23 heavy (non-hydrogen) atoms. The zero-order valence-electron chi connectivity index (χ0n) is 13.7. The molecular weight excluding hydrogens is 469 g/mol. The summed E-state index contributed by atoms with van der Waals surface area (Å²) in [7, 11) is 3.66. The minimum Gasteiger partial charge on any atom is -0.384 e. The zero-order chi connectivity index (χ0) is 15.5. The summed E-state index contributed by atoms with van der Waals surface area (Å²) in [5, 5.41) is 3.63. The minimum absolute atomic E-state index is 0. The van der Waals surface area contributed by atoms with Gasteiger partial charge in [-0.25, -0.2) is 0 Å². The lowest BCUT2D eigenvalue weighted by molar-refractivity contribution is 0.157. The number of ether oxygens (including phenoxy) is 1. The smallest absolute Gasteiger partial charge is 0.193 e. The molecule has 1 aromatic carbocycles. The highest BCUT2D eigenvalue weighted by atomic mass is 127. The first-order chi connectivity index (χ1) is 10.7. The van der Waals surface area contributed by atoms with E-state index < -0.39 is 0 Å². The highest BCUT2D eigenvalue weighted by Gasteiger charge is 2.40. The number of aliphatic imine (C=N–C) groups is 1. The third kappa shape index (κ3) is 4.82. The molecule has 0 bridgehead atoms. The molecule has 3 atom stereocenters. The molecule has 0 radical (unpaired) electrons. The highest BCUT2D eigenvalue weighted by Crippen LogP contribution is 2.41. The van der Waals surface area contributed by atoms with Crippen LogP contribution < -0.4 is 5.32 Å². The van der Waals surface area contributed by atoms with Gasteiger partial charge < -0.3 is 15.0 Å². The fourth-order valence-electron chi connectivity index (χ4n) is 3.29. The molecule has 3 rings (SSSR count). The molecule has 2 aliphatic rings. The Hall–Kier alpha value is -0.340. The summed E-state index contributed by atoms with van der Waals surface area (Å²) in [5.74, 6) is 2.29. The van der Waals surface area contributed by atoms with Gasteiger partial charge in [-0.2, -0.15) is 0 Å². The van der Waals surface area contributed by atoms with Gasteiger partial charge in [0.15, 0.2) is 5.96 Å². The topological polar surface area (TPSA) is 36.9 Å². The molecule has 1 heterocycles. The van der Waals surface area contributed by atoms with E-state index in [0.29, 0.717) is 17.9 Å². The summed E-state index contributed by atoms with van der Waals surface area (Å²) in [4.78, 5) is 6.83. The van der Waals surface area contributed by atoms with Crippen LogP contribution in [0, 0.1) is 5.92 Å². The first-order valence-electron chi connectivity index (χ1n) is 7.94. The van der Waals surface area contributed by atoms with Crippen LogP contribution in [0.25, 0.3) is 0 Å². The van der Waals surface area contributed by atoms with Crippen molar-refractivity contribution in [2.45, 2.75) is 24.8 Å². The highest BCUT2D eigenvalue weighted by molar-refractivity contribution is 14.0. The SMILES string of the molecule is CN=C(NC1CC1c1ccc(Br)cc1)N1CCC(COC)C1.I. The molecule has 0 amide bonds. The van der Waals surface area contributed by atoms with Gasteiger partial charge in [0, 0.05) is 49.6 Å². The number of halogens is 2. The lowest BCUT2D eigenvalue weighted by Gasteiger charge is -2.22. The van der Waals surface area contributed by atoms with E-state index in [4.69, 9.17) is 4.74 Å². The average molecular weight is 494 g/mol. The van der Waals surface area contributed by atoms with Gasteiger partial charge in [0.1, 0.15) is 0 Å². The summed E-state index contributed by atoms with van der Waals surface area (Å²) in [6.45, 7) is 2.96. The summed E-state index contributed by atoms with van der Waals surface area (Å²) in [6, 6.07) is 9.18. The number of guanidine groups is 1. The van der Waals surface area contributed by atoms with E-state index in [0.717, 1.165) is 30.1 Å². The van der Waals surface area contributed by atoms with Crippen molar-refractivity contribution < 1.29 is 4.74 Å². The van der Waals surface area contributed by atoms with Crippen LogP contribution in [-0.4, -0.2) is 50.8 Å². The van der Waals surface area contributed by atoms with Crippen LogP contribution in [0.4, 0.5) is 0 Å². The quantitative estimate of drug-likeness (QED) is 0.396. The van der Waals surface area contributed by atoms with E-state index in [2.05, 4.69) is 55.4 Å². The largest absolute Gasteiger partial charge is 0.384 e. The van der Waals surface area contributed by atoms with E-state index >= 15 is 0 Å². The van der Waals surface area contributed by atoms with E-state index in [-0.39, 0.29) is 24.0 Å². The number of rotatable bonds is 4. The molecule has 3 unspecified atom stereocenters. The van der Waals surface area contributed by atoms with Gasteiger partial charge in [-0.05, 0) is 30.5 Å². The van der Waals surface area contributed by atoms with Gasteiger partial charge in [-0.1, -0.05) is 28.1 Å². The molecule has 1 saturated heterocycles. The van der Waals surface area contributed by atoms with Crippen molar-refractivity contribution in [1.29, 1.82) is 0 Å². The molecule has 128 valence electrons. The Balaban J connectivity index is 0.00000192. The molecule has 1 saturated carbocycles. The Kier molecular flexibility index (Phi) is 7.16. The monoisotopic (exact) mass is 493 g/mol. The molecule has 0 spiro atoms. The average Bonchev–Trinajstić information content (AvgIpc) is 3.14. The Morgan fingerprint density at radius 1 is 1.39 bits per heavy atom. The molecule has 1 aromatic rings. The van der Waals surface area contributed by atoms with Crippen LogP contribution in [-0.2, 0) is 4.74 Å². The van der Waals surface area contributed by atoms with Crippen LogP contribution >= 0.6 is 39.9 Å². The van der Waals surface area contributed by atoms with Crippen LogP contribution in [0.15, 0.2) is 33.7 Å². The number of methoxy groups -OCH3 is 1.